The number of carbonyl (C=O) groups is 1. The van der Waals surface area contributed by atoms with Gasteiger partial charge in [-0.1, -0.05) is 30.3 Å². The van der Waals surface area contributed by atoms with Gasteiger partial charge in [-0.2, -0.15) is 0 Å². The average Bonchev–Trinajstić information content (AvgIpc) is 3.28. The van der Waals surface area contributed by atoms with Gasteiger partial charge in [-0.05, 0) is 29.7 Å². The summed E-state index contributed by atoms with van der Waals surface area (Å²) in [7, 11) is 0. The Morgan fingerprint density at radius 2 is 2.05 bits per heavy atom. The summed E-state index contributed by atoms with van der Waals surface area (Å²) in [6.07, 6.45) is 2.16. The normalized spacial score (nSPS) is 14.2. The van der Waals surface area contributed by atoms with Gasteiger partial charge in [-0.3, -0.25) is 4.79 Å². The molecule has 1 amide bonds. The summed E-state index contributed by atoms with van der Waals surface area (Å²) in [5, 5.41) is 5.11. The summed E-state index contributed by atoms with van der Waals surface area (Å²) in [5.74, 6) is 0.626. The summed E-state index contributed by atoms with van der Waals surface area (Å²) in [6, 6.07) is 12.3. The average molecular weight is 270 g/mol. The quantitative estimate of drug-likeness (QED) is 0.873. The molecular formula is C16H18N2O2. The monoisotopic (exact) mass is 270 g/mol. The van der Waals surface area contributed by atoms with Crippen LogP contribution < -0.4 is 15.8 Å². The molecule has 0 unspecified atom stereocenters. The van der Waals surface area contributed by atoms with E-state index in [0.717, 1.165) is 29.2 Å². The third kappa shape index (κ3) is 2.75. The molecule has 4 heteroatoms. The first-order valence-electron chi connectivity index (χ1n) is 6.91. The van der Waals surface area contributed by atoms with Crippen LogP contribution in [0.1, 0.15) is 18.4 Å². The van der Waals surface area contributed by atoms with E-state index in [9.17, 15) is 4.79 Å². The van der Waals surface area contributed by atoms with Crippen LogP contribution in [0.5, 0.6) is 5.75 Å². The lowest BCUT2D eigenvalue weighted by Gasteiger charge is -2.13. The van der Waals surface area contributed by atoms with Crippen molar-refractivity contribution in [2.45, 2.75) is 25.4 Å². The van der Waals surface area contributed by atoms with E-state index >= 15 is 0 Å². The minimum atomic E-state index is -0.0661. The van der Waals surface area contributed by atoms with Crippen LogP contribution in [-0.4, -0.2) is 18.6 Å². The zero-order chi connectivity index (χ0) is 13.9. The van der Waals surface area contributed by atoms with Crippen LogP contribution in [0.4, 0.5) is 0 Å². The molecule has 2 aromatic rings. The van der Waals surface area contributed by atoms with Gasteiger partial charge in [-0.15, -0.1) is 0 Å². The van der Waals surface area contributed by atoms with Crippen molar-refractivity contribution in [3.63, 3.8) is 0 Å². The van der Waals surface area contributed by atoms with Gasteiger partial charge in [0, 0.05) is 18.2 Å². The summed E-state index contributed by atoms with van der Waals surface area (Å²) < 4.78 is 5.63. The highest BCUT2D eigenvalue weighted by atomic mass is 16.5. The summed E-state index contributed by atoms with van der Waals surface area (Å²) in [6.45, 7) is 0.433. The minimum absolute atomic E-state index is 0.0435. The number of fused-ring (bicyclic) bond motifs is 1. The zero-order valence-electron chi connectivity index (χ0n) is 11.3. The van der Waals surface area contributed by atoms with Gasteiger partial charge in [0.25, 0.3) is 5.91 Å². The predicted octanol–water partition coefficient (Wildman–Crippen LogP) is 1.96. The van der Waals surface area contributed by atoms with Crippen molar-refractivity contribution >= 4 is 16.7 Å². The van der Waals surface area contributed by atoms with Gasteiger partial charge in [0.05, 0.1) is 0 Å². The molecule has 0 spiro atoms. The number of hydrogen-bond acceptors (Lipinski definition) is 3. The molecule has 0 atom stereocenters. The van der Waals surface area contributed by atoms with Crippen LogP contribution in [0.25, 0.3) is 10.8 Å². The number of carbonyl (C=O) groups excluding carboxylic acids is 1. The topological polar surface area (TPSA) is 64.3 Å². The standard InChI is InChI=1S/C16H18N2O2/c17-9-14-13-4-2-1-3-11(13)5-8-15(14)20-10-16(19)18-12-6-7-12/h1-5,8,12H,6-7,9-10,17H2,(H,18,19). The maximum atomic E-state index is 11.7. The van der Waals surface area contributed by atoms with Gasteiger partial charge >= 0.3 is 0 Å². The molecule has 0 heterocycles. The van der Waals surface area contributed by atoms with Crippen molar-refractivity contribution < 1.29 is 9.53 Å². The molecule has 1 fully saturated rings. The van der Waals surface area contributed by atoms with Crippen LogP contribution in [0.15, 0.2) is 36.4 Å². The molecule has 3 N–H and O–H groups in total. The van der Waals surface area contributed by atoms with E-state index in [2.05, 4.69) is 5.32 Å². The maximum Gasteiger partial charge on any atom is 0.258 e. The Labute approximate surface area is 117 Å². The second-order valence-corrected chi connectivity index (χ2v) is 5.10. The number of hydrogen-bond donors (Lipinski definition) is 2. The molecule has 4 nitrogen and oxygen atoms in total. The van der Waals surface area contributed by atoms with Crippen LogP contribution in [0, 0.1) is 0 Å². The molecule has 104 valence electrons. The third-order valence-electron chi connectivity index (χ3n) is 3.50. The van der Waals surface area contributed by atoms with E-state index in [1.54, 1.807) is 0 Å². The van der Waals surface area contributed by atoms with Crippen molar-refractivity contribution in [3.05, 3.63) is 42.0 Å². The van der Waals surface area contributed by atoms with E-state index in [4.69, 9.17) is 10.5 Å². The largest absolute Gasteiger partial charge is 0.483 e. The second kappa shape index (κ2) is 5.51. The van der Waals surface area contributed by atoms with Gasteiger partial charge in [0.2, 0.25) is 0 Å². The van der Waals surface area contributed by atoms with E-state index < -0.39 is 0 Å². The second-order valence-electron chi connectivity index (χ2n) is 5.10. The van der Waals surface area contributed by atoms with Crippen molar-refractivity contribution in [2.75, 3.05) is 6.61 Å². The van der Waals surface area contributed by atoms with Gasteiger partial charge in [-0.25, -0.2) is 0 Å². The van der Waals surface area contributed by atoms with Crippen molar-refractivity contribution in [2.24, 2.45) is 5.73 Å². The van der Waals surface area contributed by atoms with E-state index in [1.165, 1.54) is 0 Å². The first-order valence-corrected chi connectivity index (χ1v) is 6.91. The number of benzene rings is 2. The highest BCUT2D eigenvalue weighted by Gasteiger charge is 2.23. The smallest absolute Gasteiger partial charge is 0.258 e. The molecule has 0 bridgehead atoms. The fraction of sp³-hybridized carbons (Fsp3) is 0.312. The highest BCUT2D eigenvalue weighted by molar-refractivity contribution is 5.88. The highest BCUT2D eigenvalue weighted by Crippen LogP contribution is 2.27. The third-order valence-corrected chi connectivity index (χ3v) is 3.50. The van der Waals surface area contributed by atoms with Crippen LogP contribution in [-0.2, 0) is 11.3 Å². The van der Waals surface area contributed by atoms with Crippen LogP contribution >= 0.6 is 0 Å². The summed E-state index contributed by atoms with van der Waals surface area (Å²) >= 11 is 0. The van der Waals surface area contributed by atoms with E-state index in [1.807, 2.05) is 36.4 Å². The fourth-order valence-electron chi connectivity index (χ4n) is 2.30. The molecule has 1 saturated carbocycles. The number of rotatable bonds is 5. The first-order chi connectivity index (χ1) is 9.78. The number of amides is 1. The minimum Gasteiger partial charge on any atom is -0.483 e. The lowest BCUT2D eigenvalue weighted by Crippen LogP contribution is -2.30. The number of ether oxygens (including phenoxy) is 1. The Morgan fingerprint density at radius 1 is 1.25 bits per heavy atom. The Bertz CT molecular complexity index is 635. The molecule has 0 radical (unpaired) electrons. The fourth-order valence-corrected chi connectivity index (χ4v) is 2.30. The lowest BCUT2D eigenvalue weighted by molar-refractivity contribution is -0.123. The Kier molecular flexibility index (Phi) is 3.56. The van der Waals surface area contributed by atoms with E-state index in [0.29, 0.717) is 18.3 Å². The van der Waals surface area contributed by atoms with Gasteiger partial charge < -0.3 is 15.8 Å². The van der Waals surface area contributed by atoms with Crippen molar-refractivity contribution in [1.29, 1.82) is 0 Å². The van der Waals surface area contributed by atoms with Gasteiger partial charge in [0.1, 0.15) is 5.75 Å². The zero-order valence-corrected chi connectivity index (χ0v) is 11.3. The van der Waals surface area contributed by atoms with Crippen LogP contribution in [0.2, 0.25) is 0 Å². The number of nitrogens with one attached hydrogen (secondary N) is 1. The van der Waals surface area contributed by atoms with Gasteiger partial charge in [0.15, 0.2) is 6.61 Å². The summed E-state index contributed by atoms with van der Waals surface area (Å²) in [4.78, 5) is 11.7. The Morgan fingerprint density at radius 3 is 2.80 bits per heavy atom. The van der Waals surface area contributed by atoms with Crippen LogP contribution in [0.3, 0.4) is 0 Å². The predicted molar refractivity (Wildman–Crippen MR) is 78.5 cm³/mol. The van der Waals surface area contributed by atoms with Crippen molar-refractivity contribution in [3.8, 4) is 5.75 Å². The molecule has 2 aromatic carbocycles. The molecule has 0 aromatic heterocycles. The molecular weight excluding hydrogens is 252 g/mol. The molecule has 1 aliphatic rings. The molecule has 20 heavy (non-hydrogen) atoms. The molecule has 1 aliphatic carbocycles. The van der Waals surface area contributed by atoms with E-state index in [-0.39, 0.29) is 12.5 Å². The van der Waals surface area contributed by atoms with Crippen molar-refractivity contribution in [1.82, 2.24) is 5.32 Å². The first kappa shape index (κ1) is 12.9. The summed E-state index contributed by atoms with van der Waals surface area (Å²) in [5.41, 5.74) is 6.78. The maximum absolute atomic E-state index is 11.7. The molecule has 3 rings (SSSR count). The lowest BCUT2D eigenvalue weighted by atomic mass is 10.0. The Balaban J connectivity index is 1.77. The molecule has 0 saturated heterocycles. The Hall–Kier alpha value is -2.07. The SMILES string of the molecule is NCc1c(OCC(=O)NC2CC2)ccc2ccccc12. The number of nitrogens with two attached hydrogens (primary N) is 1. The molecule has 0 aliphatic heterocycles.